The number of thioether (sulfide) groups is 1. The largest absolute Gasteiger partial charge is 0.312 e. The second-order valence-electron chi connectivity index (χ2n) is 2.14. The summed E-state index contributed by atoms with van der Waals surface area (Å²) in [4.78, 5) is 20.0. The van der Waals surface area contributed by atoms with Gasteiger partial charge in [-0.05, 0) is 18.5 Å². The molecule has 0 bridgehead atoms. The molecule has 0 fully saturated rings. The lowest BCUT2D eigenvalue weighted by atomic mass is 10.8. The minimum Gasteiger partial charge on any atom is -0.274 e. The molecule has 5 nitrogen and oxygen atoms in total. The number of carbonyl (C=O) groups is 1. The van der Waals surface area contributed by atoms with Crippen molar-refractivity contribution in [2.75, 3.05) is 14.2 Å². The van der Waals surface area contributed by atoms with Crippen molar-refractivity contribution in [3.63, 3.8) is 0 Å². The molecule has 0 radical (unpaired) electrons. The van der Waals surface area contributed by atoms with E-state index in [4.69, 9.17) is 4.84 Å². The van der Waals surface area contributed by atoms with Gasteiger partial charge in [0.2, 0.25) is 5.16 Å². The fraction of sp³-hybridized carbons (Fsp3) is 0.500. The molecule has 7 heteroatoms. The van der Waals surface area contributed by atoms with Crippen LogP contribution in [-0.4, -0.2) is 33.8 Å². The van der Waals surface area contributed by atoms with E-state index >= 15 is 0 Å². The Balaban J connectivity index is 2.54. The van der Waals surface area contributed by atoms with Gasteiger partial charge in [0.15, 0.2) is 0 Å². The van der Waals surface area contributed by atoms with Crippen molar-refractivity contribution in [3.05, 3.63) is 5.01 Å². The number of amides is 1. The predicted octanol–water partition coefficient (Wildman–Crippen LogP) is 1.55. The molecule has 0 saturated heterocycles. The van der Waals surface area contributed by atoms with Crippen molar-refractivity contribution in [1.29, 1.82) is 0 Å². The van der Waals surface area contributed by atoms with Gasteiger partial charge in [-0.25, -0.2) is 10.0 Å². The van der Waals surface area contributed by atoms with Gasteiger partial charge in [0.25, 0.3) is 0 Å². The molecule has 0 aliphatic heterocycles. The number of aromatic nitrogens is 2. The lowest BCUT2D eigenvalue weighted by Gasteiger charge is -2.10. The molecule has 0 aromatic carbocycles. The minimum absolute atomic E-state index is 0.236. The van der Waals surface area contributed by atoms with E-state index < -0.39 is 0 Å². The van der Waals surface area contributed by atoms with Gasteiger partial charge in [-0.1, -0.05) is 0 Å². The van der Waals surface area contributed by atoms with Gasteiger partial charge in [0.1, 0.15) is 5.01 Å². The Morgan fingerprint density at radius 1 is 1.69 bits per heavy atom. The zero-order valence-corrected chi connectivity index (χ0v) is 9.11. The molecule has 1 aromatic rings. The molecule has 1 rings (SSSR count). The summed E-state index contributed by atoms with van der Waals surface area (Å²) in [6.45, 7) is 1.84. The van der Waals surface area contributed by atoms with Crippen LogP contribution in [0.25, 0.3) is 0 Å². The van der Waals surface area contributed by atoms with Crippen LogP contribution in [-0.2, 0) is 4.84 Å². The molecule has 1 aromatic heterocycles. The fourth-order valence-corrected chi connectivity index (χ4v) is 1.78. The summed E-state index contributed by atoms with van der Waals surface area (Å²) in [6, 6.07) is 0. The summed E-state index contributed by atoms with van der Waals surface area (Å²) in [5.41, 5.74) is 0. The molecule has 0 aliphatic rings. The Morgan fingerprint density at radius 2 is 2.38 bits per heavy atom. The van der Waals surface area contributed by atoms with Crippen LogP contribution in [0.5, 0.6) is 0 Å². The van der Waals surface area contributed by atoms with Crippen LogP contribution >= 0.6 is 23.3 Å². The van der Waals surface area contributed by atoms with Crippen molar-refractivity contribution < 1.29 is 9.63 Å². The van der Waals surface area contributed by atoms with Crippen LogP contribution in [0.4, 0.5) is 4.79 Å². The van der Waals surface area contributed by atoms with Crippen LogP contribution in [0.15, 0.2) is 5.16 Å². The van der Waals surface area contributed by atoms with Crippen LogP contribution in [0.2, 0.25) is 0 Å². The van der Waals surface area contributed by atoms with Gasteiger partial charge in [0.05, 0.1) is 7.11 Å². The van der Waals surface area contributed by atoms with E-state index in [1.807, 2.05) is 6.92 Å². The van der Waals surface area contributed by atoms with Gasteiger partial charge in [-0.2, -0.15) is 4.37 Å². The first-order valence-electron chi connectivity index (χ1n) is 3.43. The van der Waals surface area contributed by atoms with Gasteiger partial charge in [-0.15, -0.1) is 0 Å². The highest BCUT2D eigenvalue weighted by atomic mass is 32.2. The molecule has 1 amide bonds. The topological polar surface area (TPSA) is 55.3 Å². The fourth-order valence-electron chi connectivity index (χ4n) is 0.539. The average Bonchev–Trinajstić information content (AvgIpc) is 2.49. The number of nitrogens with zero attached hydrogens (tertiary/aromatic N) is 3. The summed E-state index contributed by atoms with van der Waals surface area (Å²) in [5.74, 6) is 0. The summed E-state index contributed by atoms with van der Waals surface area (Å²) in [6.07, 6.45) is 0. The third kappa shape index (κ3) is 2.94. The third-order valence-electron chi connectivity index (χ3n) is 1.22. The average molecular weight is 219 g/mol. The third-order valence-corrected chi connectivity index (χ3v) is 2.75. The summed E-state index contributed by atoms with van der Waals surface area (Å²) >= 11 is 2.22. The standard InChI is InChI=1S/C6H9N3O2S2/c1-4-7-5(8-13-4)12-6(10)9(2)11-3/h1-3H3. The molecule has 0 saturated carbocycles. The second kappa shape index (κ2) is 4.54. The van der Waals surface area contributed by atoms with Crippen LogP contribution in [0, 0.1) is 6.92 Å². The van der Waals surface area contributed by atoms with Crippen LogP contribution in [0.1, 0.15) is 5.01 Å². The van der Waals surface area contributed by atoms with E-state index in [9.17, 15) is 4.79 Å². The smallest absolute Gasteiger partial charge is 0.274 e. The molecular formula is C6H9N3O2S2. The summed E-state index contributed by atoms with van der Waals surface area (Å²) in [5, 5.41) is 2.20. The molecule has 13 heavy (non-hydrogen) atoms. The van der Waals surface area contributed by atoms with E-state index in [1.54, 1.807) is 0 Å². The first-order valence-corrected chi connectivity index (χ1v) is 5.02. The first-order chi connectivity index (χ1) is 6.13. The quantitative estimate of drug-likeness (QED) is 0.558. The molecule has 0 aliphatic carbocycles. The van der Waals surface area contributed by atoms with Crippen LogP contribution in [0.3, 0.4) is 0 Å². The Morgan fingerprint density at radius 3 is 2.85 bits per heavy atom. The Bertz CT molecular complexity index is 302. The van der Waals surface area contributed by atoms with Crippen molar-refractivity contribution in [2.45, 2.75) is 12.1 Å². The van der Waals surface area contributed by atoms with E-state index in [1.165, 1.54) is 25.7 Å². The maximum Gasteiger partial charge on any atom is 0.312 e. The first kappa shape index (κ1) is 10.4. The van der Waals surface area contributed by atoms with Gasteiger partial charge in [-0.3, -0.25) is 9.63 Å². The van der Waals surface area contributed by atoms with E-state index in [-0.39, 0.29) is 5.24 Å². The van der Waals surface area contributed by atoms with Crippen molar-refractivity contribution in [1.82, 2.24) is 14.4 Å². The van der Waals surface area contributed by atoms with E-state index in [0.717, 1.165) is 21.8 Å². The SMILES string of the molecule is CON(C)C(=O)Sc1nsc(C)n1. The number of hydrogen-bond acceptors (Lipinski definition) is 6. The molecule has 0 atom stereocenters. The zero-order chi connectivity index (χ0) is 9.84. The number of carbonyl (C=O) groups excluding carboxylic acids is 1. The molecule has 0 unspecified atom stereocenters. The lowest BCUT2D eigenvalue weighted by molar-refractivity contribution is -0.0548. The van der Waals surface area contributed by atoms with Crippen LogP contribution < -0.4 is 0 Å². The zero-order valence-electron chi connectivity index (χ0n) is 7.47. The van der Waals surface area contributed by atoms with Crippen molar-refractivity contribution >= 4 is 28.5 Å². The maximum atomic E-state index is 11.2. The Labute approximate surface area is 84.2 Å². The van der Waals surface area contributed by atoms with Gasteiger partial charge in [0, 0.05) is 18.8 Å². The van der Waals surface area contributed by atoms with Gasteiger partial charge >= 0.3 is 5.24 Å². The summed E-state index contributed by atoms with van der Waals surface area (Å²) in [7, 11) is 2.97. The Hall–Kier alpha value is -0.660. The minimum atomic E-state index is -0.236. The summed E-state index contributed by atoms with van der Waals surface area (Å²) < 4.78 is 3.96. The number of rotatable bonds is 2. The van der Waals surface area contributed by atoms with E-state index in [2.05, 4.69) is 9.36 Å². The Kier molecular flexibility index (Phi) is 3.64. The van der Waals surface area contributed by atoms with Gasteiger partial charge < -0.3 is 0 Å². The van der Waals surface area contributed by atoms with Crippen molar-refractivity contribution in [2.24, 2.45) is 0 Å². The lowest BCUT2D eigenvalue weighted by Crippen LogP contribution is -2.20. The highest BCUT2D eigenvalue weighted by Gasteiger charge is 2.13. The predicted molar refractivity (Wildman–Crippen MR) is 50.7 cm³/mol. The number of hydrogen-bond donors (Lipinski definition) is 0. The second-order valence-corrected chi connectivity index (χ2v) is 4.02. The highest BCUT2D eigenvalue weighted by Crippen LogP contribution is 2.18. The molecular weight excluding hydrogens is 210 g/mol. The molecule has 0 spiro atoms. The number of hydroxylamine groups is 2. The van der Waals surface area contributed by atoms with E-state index in [0.29, 0.717) is 5.16 Å². The molecule has 0 N–H and O–H groups in total. The molecule has 72 valence electrons. The molecule has 1 heterocycles. The normalized spacial score (nSPS) is 10.1. The number of aryl methyl sites for hydroxylation is 1. The highest BCUT2D eigenvalue weighted by molar-refractivity contribution is 8.13. The maximum absolute atomic E-state index is 11.2. The monoisotopic (exact) mass is 219 g/mol. The van der Waals surface area contributed by atoms with Crippen molar-refractivity contribution in [3.8, 4) is 0 Å².